The number of furan rings is 1. The molecule has 264 valence electrons. The molecule has 4 aromatic heterocycles. The molecule has 0 fully saturated rings. The van der Waals surface area contributed by atoms with Crippen molar-refractivity contribution in [2.24, 2.45) is 0 Å². The first-order valence-corrected chi connectivity index (χ1v) is 19.3. The fraction of sp³-hybridized carbons (Fsp3) is 0. The van der Waals surface area contributed by atoms with E-state index in [0.717, 1.165) is 55.6 Å². The van der Waals surface area contributed by atoms with Crippen LogP contribution < -0.4 is 0 Å². The molecule has 0 spiro atoms. The van der Waals surface area contributed by atoms with Crippen molar-refractivity contribution in [2.75, 3.05) is 0 Å². The summed E-state index contributed by atoms with van der Waals surface area (Å²) in [6.45, 7) is 0. The van der Waals surface area contributed by atoms with Crippen LogP contribution >= 0.6 is 0 Å². The molecule has 1 aliphatic heterocycles. The third-order valence-electron chi connectivity index (χ3n) is 11.9. The van der Waals surface area contributed by atoms with Gasteiger partial charge in [0.15, 0.2) is 5.82 Å². The molecule has 0 saturated heterocycles. The molecule has 0 amide bonds. The lowest BCUT2D eigenvalue weighted by Gasteiger charge is -2.14. The van der Waals surface area contributed by atoms with Crippen LogP contribution in [0.1, 0.15) is 0 Å². The lowest BCUT2D eigenvalue weighted by Crippen LogP contribution is -2.03. The highest BCUT2D eigenvalue weighted by atomic mass is 16.3. The van der Waals surface area contributed by atoms with Crippen molar-refractivity contribution >= 4 is 65.6 Å². The first-order valence-electron chi connectivity index (χ1n) is 19.3. The Kier molecular flexibility index (Phi) is 6.10. The largest absolute Gasteiger partial charge is 0.456 e. The number of fused-ring (bicyclic) bond motifs is 15. The molecule has 57 heavy (non-hydrogen) atoms. The Morgan fingerprint density at radius 2 is 1.04 bits per heavy atom. The van der Waals surface area contributed by atoms with Gasteiger partial charge in [0.05, 0.1) is 33.4 Å². The van der Waals surface area contributed by atoms with E-state index < -0.39 is 0 Å². The summed E-state index contributed by atoms with van der Waals surface area (Å²) >= 11 is 0. The van der Waals surface area contributed by atoms with E-state index in [1.165, 1.54) is 60.5 Å². The van der Waals surface area contributed by atoms with Crippen molar-refractivity contribution in [3.8, 4) is 56.4 Å². The van der Waals surface area contributed by atoms with Crippen LogP contribution in [-0.4, -0.2) is 19.1 Å². The maximum Gasteiger partial charge on any atom is 0.162 e. The molecular weight excluding hydrogens is 697 g/mol. The highest BCUT2D eigenvalue weighted by Gasteiger charge is 2.29. The molecule has 5 nitrogen and oxygen atoms in total. The minimum atomic E-state index is 0.669. The first-order chi connectivity index (χ1) is 28.3. The molecule has 0 bridgehead atoms. The number of para-hydroxylation sites is 4. The van der Waals surface area contributed by atoms with Gasteiger partial charge >= 0.3 is 0 Å². The lowest BCUT2D eigenvalue weighted by molar-refractivity contribution is 0.669. The summed E-state index contributed by atoms with van der Waals surface area (Å²) in [6.07, 6.45) is 0. The van der Waals surface area contributed by atoms with E-state index in [-0.39, 0.29) is 0 Å². The van der Waals surface area contributed by atoms with Crippen molar-refractivity contribution in [3.63, 3.8) is 0 Å². The highest BCUT2D eigenvalue weighted by Crippen LogP contribution is 2.51. The number of hydrogen-bond donors (Lipinski definition) is 0. The summed E-state index contributed by atoms with van der Waals surface area (Å²) < 4.78 is 11.1. The van der Waals surface area contributed by atoms with E-state index >= 15 is 0 Å². The van der Waals surface area contributed by atoms with Gasteiger partial charge in [-0.15, -0.1) is 0 Å². The van der Waals surface area contributed by atoms with Crippen molar-refractivity contribution in [2.45, 2.75) is 0 Å². The Morgan fingerprint density at radius 1 is 0.386 bits per heavy atom. The van der Waals surface area contributed by atoms with Crippen LogP contribution in [0.25, 0.3) is 122 Å². The minimum Gasteiger partial charge on any atom is -0.456 e. The van der Waals surface area contributed by atoms with E-state index in [1.54, 1.807) is 0 Å². The van der Waals surface area contributed by atoms with Crippen LogP contribution in [0.4, 0.5) is 0 Å². The molecule has 0 saturated carbocycles. The third kappa shape index (κ3) is 4.23. The van der Waals surface area contributed by atoms with Gasteiger partial charge in [0, 0.05) is 60.6 Å². The van der Waals surface area contributed by atoms with Crippen molar-refractivity contribution in [3.05, 3.63) is 182 Å². The van der Waals surface area contributed by atoms with Crippen LogP contribution in [0.3, 0.4) is 0 Å². The summed E-state index contributed by atoms with van der Waals surface area (Å²) in [5.41, 5.74) is 15.2. The summed E-state index contributed by atoms with van der Waals surface area (Å²) in [6, 6.07) is 64.8. The van der Waals surface area contributed by atoms with Crippen LogP contribution in [0, 0.1) is 0 Å². The fourth-order valence-electron chi connectivity index (χ4n) is 9.45. The third-order valence-corrected chi connectivity index (χ3v) is 11.9. The summed E-state index contributed by atoms with van der Waals surface area (Å²) in [5.74, 6) is 1.48. The minimum absolute atomic E-state index is 0.669. The average Bonchev–Trinajstić information content (AvgIpc) is 3.91. The second-order valence-electron chi connectivity index (χ2n) is 14.9. The zero-order chi connectivity index (χ0) is 37.2. The summed E-state index contributed by atoms with van der Waals surface area (Å²) in [4.78, 5) is 10.7. The van der Waals surface area contributed by atoms with Gasteiger partial charge in [-0.3, -0.25) is 4.57 Å². The molecule has 13 rings (SSSR count). The van der Waals surface area contributed by atoms with Crippen LogP contribution in [-0.2, 0) is 0 Å². The average molecular weight is 727 g/mol. The zero-order valence-electron chi connectivity index (χ0n) is 30.5. The maximum atomic E-state index is 6.23. The summed E-state index contributed by atoms with van der Waals surface area (Å²) in [5, 5.41) is 6.92. The molecule has 0 unspecified atom stereocenters. The molecule has 5 heterocycles. The molecule has 0 N–H and O–H groups in total. The Hall–Kier alpha value is -7.76. The monoisotopic (exact) mass is 726 g/mol. The topological polar surface area (TPSA) is 48.8 Å². The van der Waals surface area contributed by atoms with Gasteiger partial charge in [-0.05, 0) is 59.7 Å². The molecule has 0 atom stereocenters. The maximum absolute atomic E-state index is 6.23. The molecule has 1 aliphatic rings. The predicted molar refractivity (Wildman–Crippen MR) is 233 cm³/mol. The fourth-order valence-corrected chi connectivity index (χ4v) is 9.45. The Morgan fingerprint density at radius 3 is 1.88 bits per heavy atom. The first kappa shape index (κ1) is 30.6. The van der Waals surface area contributed by atoms with Gasteiger partial charge < -0.3 is 8.98 Å². The van der Waals surface area contributed by atoms with Crippen molar-refractivity contribution < 1.29 is 4.42 Å². The molecule has 0 aliphatic carbocycles. The molecule has 5 heteroatoms. The highest BCUT2D eigenvalue weighted by molar-refractivity contribution is 6.30. The van der Waals surface area contributed by atoms with E-state index in [9.17, 15) is 0 Å². The Labute approximate surface area is 326 Å². The van der Waals surface area contributed by atoms with E-state index in [1.807, 2.05) is 30.3 Å². The van der Waals surface area contributed by atoms with E-state index in [2.05, 4.69) is 161 Å². The van der Waals surface area contributed by atoms with E-state index in [4.69, 9.17) is 14.4 Å². The summed E-state index contributed by atoms with van der Waals surface area (Å²) in [7, 11) is 0. The smallest absolute Gasteiger partial charge is 0.162 e. The van der Waals surface area contributed by atoms with Crippen LogP contribution in [0.15, 0.2) is 186 Å². The van der Waals surface area contributed by atoms with Gasteiger partial charge in [0.2, 0.25) is 0 Å². The van der Waals surface area contributed by atoms with Crippen LogP contribution in [0.5, 0.6) is 0 Å². The van der Waals surface area contributed by atoms with Gasteiger partial charge in [-0.1, -0.05) is 127 Å². The number of aromatic nitrogens is 4. The lowest BCUT2D eigenvalue weighted by atomic mass is 9.92. The Balaban J connectivity index is 1.19. The molecule has 0 radical (unpaired) electrons. The van der Waals surface area contributed by atoms with Crippen molar-refractivity contribution in [1.82, 2.24) is 19.1 Å². The number of benzene rings is 8. The van der Waals surface area contributed by atoms with Gasteiger partial charge in [0.1, 0.15) is 17.0 Å². The normalized spacial score (nSPS) is 12.2. The van der Waals surface area contributed by atoms with Gasteiger partial charge in [-0.25, -0.2) is 9.97 Å². The molecule has 12 aromatic rings. The second kappa shape index (κ2) is 11.4. The van der Waals surface area contributed by atoms with Gasteiger partial charge in [-0.2, -0.15) is 0 Å². The molecule has 8 aromatic carbocycles. The predicted octanol–water partition coefficient (Wildman–Crippen LogP) is 13.6. The van der Waals surface area contributed by atoms with Crippen molar-refractivity contribution in [1.29, 1.82) is 0 Å². The van der Waals surface area contributed by atoms with E-state index in [0.29, 0.717) is 5.82 Å². The van der Waals surface area contributed by atoms with Crippen LogP contribution in [0.2, 0.25) is 0 Å². The Bertz CT molecular complexity index is 3640. The number of rotatable bonds is 3. The SMILES string of the molecule is c1ccc(-c2nc(-c3ccc4oc5ccccc5c4c3)cc(-n3c4ccccc4c4cc5c6c(c7ccccc7n6-c6ccccc6-c6ccccc6-5)c43)n2)cc1. The number of hydrogen-bond acceptors (Lipinski definition) is 3. The zero-order valence-corrected chi connectivity index (χ0v) is 30.5. The van der Waals surface area contributed by atoms with Gasteiger partial charge in [0.25, 0.3) is 0 Å². The number of nitrogens with zero attached hydrogens (tertiary/aromatic N) is 4. The quantitative estimate of drug-likeness (QED) is 0.182. The second-order valence-corrected chi connectivity index (χ2v) is 14.9. The standard InChI is InChI=1S/C52H30N4O/c1-2-14-31(15-3-1)52-53-42(32-26-27-47-39(28-32)37-20-9-13-25-46(37)57-47)30-48(54-52)56-44-23-11-7-19-36(44)41-29-40-34-17-5-4-16-33(34)35-18-6-10-22-43(35)55-45-24-12-8-21-38(45)49(50(40)55)51(41)56/h1-30H. The molecular formula is C52H30N4O.